The molecule has 0 aromatic carbocycles. The van der Waals surface area contributed by atoms with Crippen LogP contribution in [0.5, 0.6) is 0 Å². The summed E-state index contributed by atoms with van der Waals surface area (Å²) in [6.45, 7) is 0. The molecular formula is C14H20Br2O6S2. The maximum Gasteiger partial charge on any atom is 0.264 e. The molecule has 24 heavy (non-hydrogen) atoms. The fraction of sp³-hybridized carbons (Fsp3) is 1.00. The molecule has 0 spiro atoms. The Kier molecular flexibility index (Phi) is 3.92. The molecule has 0 unspecified atom stereocenters. The predicted octanol–water partition coefficient (Wildman–Crippen LogP) is 2.02. The highest BCUT2D eigenvalue weighted by molar-refractivity contribution is 9.10. The van der Waals surface area contributed by atoms with Gasteiger partial charge in [-0.15, -0.1) is 0 Å². The first-order chi connectivity index (χ1) is 10.9. The smallest absolute Gasteiger partial charge is 0.264 e. The molecule has 0 aromatic heterocycles. The Morgan fingerprint density at radius 1 is 0.792 bits per heavy atom. The number of hydrogen-bond acceptors (Lipinski definition) is 6. The van der Waals surface area contributed by atoms with Crippen molar-refractivity contribution in [2.24, 2.45) is 23.7 Å². The van der Waals surface area contributed by atoms with Gasteiger partial charge in [0.05, 0.1) is 33.4 Å². The summed E-state index contributed by atoms with van der Waals surface area (Å²) in [6, 6.07) is 0. The normalized spacial score (nSPS) is 52.8. The van der Waals surface area contributed by atoms with Gasteiger partial charge >= 0.3 is 0 Å². The second kappa shape index (κ2) is 5.19. The topological polar surface area (TPSA) is 86.7 Å². The average molecular weight is 508 g/mol. The standard InChI is InChI=1S/C14H20Br2O6S2/c1-23(17,18)21-11-7-3-6-14(16)9(7)10-8(4-5-13(10,11)15)12(14)22-24(2,19)20/h7-12H,3-6H2,1-2H3/t7-,8+,9-,10-,11+,12+,13+,14+/m0/s1. The van der Waals surface area contributed by atoms with Crippen LogP contribution in [-0.4, -0.2) is 50.2 Å². The zero-order valence-corrected chi connectivity index (χ0v) is 18.1. The Balaban J connectivity index is 1.76. The van der Waals surface area contributed by atoms with E-state index in [2.05, 4.69) is 31.9 Å². The molecule has 0 aromatic rings. The monoisotopic (exact) mass is 506 g/mol. The van der Waals surface area contributed by atoms with Crippen LogP contribution in [0.4, 0.5) is 0 Å². The van der Waals surface area contributed by atoms with Crippen molar-refractivity contribution in [3.05, 3.63) is 0 Å². The fourth-order valence-electron chi connectivity index (χ4n) is 6.04. The van der Waals surface area contributed by atoms with E-state index in [4.69, 9.17) is 8.37 Å². The van der Waals surface area contributed by atoms with Crippen molar-refractivity contribution in [2.45, 2.75) is 46.5 Å². The SMILES string of the molecule is CS(=O)(=O)O[C@@H]1[C@@H]2CC[C@@]3(Br)[C@@H]2[C@@H]2[C@H](CC[C@@]21Br)[C@H]3OS(C)(=O)=O. The quantitative estimate of drug-likeness (QED) is 0.427. The Morgan fingerprint density at radius 3 is 1.42 bits per heavy atom. The van der Waals surface area contributed by atoms with Gasteiger partial charge in [0.2, 0.25) is 0 Å². The molecule has 0 amide bonds. The molecule has 138 valence electrons. The molecule has 4 rings (SSSR count). The van der Waals surface area contributed by atoms with Gasteiger partial charge in [-0.1, -0.05) is 31.9 Å². The molecule has 0 N–H and O–H groups in total. The minimum atomic E-state index is -3.56. The average Bonchev–Trinajstić information content (AvgIpc) is 3.02. The number of alkyl halides is 2. The summed E-state index contributed by atoms with van der Waals surface area (Å²) in [6.07, 6.45) is 4.53. The second-order valence-corrected chi connectivity index (χ2v) is 13.9. The predicted molar refractivity (Wildman–Crippen MR) is 95.2 cm³/mol. The highest BCUT2D eigenvalue weighted by atomic mass is 79.9. The second-order valence-electron chi connectivity index (χ2n) is 7.75. The molecular weight excluding hydrogens is 488 g/mol. The van der Waals surface area contributed by atoms with Gasteiger partial charge < -0.3 is 0 Å². The third-order valence-corrected chi connectivity index (χ3v) is 10.3. The van der Waals surface area contributed by atoms with Gasteiger partial charge in [0.15, 0.2) is 0 Å². The maximum atomic E-state index is 11.8. The molecule has 0 radical (unpaired) electrons. The van der Waals surface area contributed by atoms with E-state index in [9.17, 15) is 16.8 Å². The van der Waals surface area contributed by atoms with Crippen LogP contribution in [0.15, 0.2) is 0 Å². The lowest BCUT2D eigenvalue weighted by Gasteiger charge is -2.31. The molecule has 4 fully saturated rings. The molecule has 0 aliphatic heterocycles. The summed E-state index contributed by atoms with van der Waals surface area (Å²) < 4.78 is 57.3. The van der Waals surface area contributed by atoms with Crippen molar-refractivity contribution in [3.8, 4) is 0 Å². The van der Waals surface area contributed by atoms with Crippen LogP contribution in [0.2, 0.25) is 0 Å². The minimum absolute atomic E-state index is 0.0828. The van der Waals surface area contributed by atoms with Gasteiger partial charge in [-0.25, -0.2) is 0 Å². The first-order valence-electron chi connectivity index (χ1n) is 8.01. The molecule has 4 aliphatic rings. The third kappa shape index (κ3) is 2.42. The Bertz CT molecular complexity index is 717. The van der Waals surface area contributed by atoms with Crippen molar-refractivity contribution >= 4 is 52.1 Å². The molecule has 0 heterocycles. The largest absolute Gasteiger partial charge is 0.265 e. The maximum absolute atomic E-state index is 11.8. The van der Waals surface area contributed by atoms with Crippen molar-refractivity contribution in [1.82, 2.24) is 0 Å². The van der Waals surface area contributed by atoms with Gasteiger partial charge in [-0.05, 0) is 49.4 Å². The van der Waals surface area contributed by atoms with Gasteiger partial charge in [-0.3, -0.25) is 8.37 Å². The van der Waals surface area contributed by atoms with Gasteiger partial charge in [-0.2, -0.15) is 16.8 Å². The zero-order valence-electron chi connectivity index (χ0n) is 13.3. The molecule has 0 bridgehead atoms. The van der Waals surface area contributed by atoms with Crippen molar-refractivity contribution in [3.63, 3.8) is 0 Å². The highest BCUT2D eigenvalue weighted by Gasteiger charge is 2.78. The molecule has 4 saturated carbocycles. The Hall–Kier alpha value is 0.780. The lowest BCUT2D eigenvalue weighted by molar-refractivity contribution is 0.120. The molecule has 4 aliphatic carbocycles. The van der Waals surface area contributed by atoms with Crippen LogP contribution in [0.3, 0.4) is 0 Å². The Morgan fingerprint density at radius 2 is 1.12 bits per heavy atom. The van der Waals surface area contributed by atoms with Crippen LogP contribution in [0, 0.1) is 23.7 Å². The third-order valence-electron chi connectivity index (χ3n) is 6.42. The highest BCUT2D eigenvalue weighted by Crippen LogP contribution is 2.75. The number of halogens is 2. The number of hydrogen-bond donors (Lipinski definition) is 0. The van der Waals surface area contributed by atoms with Crippen LogP contribution >= 0.6 is 31.9 Å². The summed E-state index contributed by atoms with van der Waals surface area (Å²) >= 11 is 7.66. The van der Waals surface area contributed by atoms with Crippen molar-refractivity contribution in [2.75, 3.05) is 12.5 Å². The fourth-order valence-corrected chi connectivity index (χ4v) is 10.2. The van der Waals surface area contributed by atoms with Gasteiger partial charge in [0.1, 0.15) is 0 Å². The van der Waals surface area contributed by atoms with E-state index in [0.717, 1.165) is 38.2 Å². The number of rotatable bonds is 4. The van der Waals surface area contributed by atoms with E-state index < -0.39 is 41.1 Å². The summed E-state index contributed by atoms with van der Waals surface area (Å²) in [5, 5.41) is 0. The van der Waals surface area contributed by atoms with Crippen molar-refractivity contribution < 1.29 is 25.2 Å². The van der Waals surface area contributed by atoms with E-state index in [1.165, 1.54) is 0 Å². The van der Waals surface area contributed by atoms with E-state index in [0.29, 0.717) is 0 Å². The summed E-state index contributed by atoms with van der Waals surface area (Å²) in [7, 11) is -7.12. The van der Waals surface area contributed by atoms with Crippen molar-refractivity contribution in [1.29, 1.82) is 0 Å². The Labute approximate surface area is 159 Å². The van der Waals surface area contributed by atoms with E-state index in [1.54, 1.807) is 0 Å². The lowest BCUT2D eigenvalue weighted by atomic mass is 9.89. The van der Waals surface area contributed by atoms with E-state index >= 15 is 0 Å². The van der Waals surface area contributed by atoms with E-state index in [-0.39, 0.29) is 23.7 Å². The summed E-state index contributed by atoms with van der Waals surface area (Å²) in [5.74, 6) is 0.477. The first kappa shape index (κ1) is 18.2. The molecule has 10 heteroatoms. The first-order valence-corrected chi connectivity index (χ1v) is 13.2. The van der Waals surface area contributed by atoms with Crippen LogP contribution in [-0.2, 0) is 28.6 Å². The summed E-state index contributed by atoms with van der Waals surface area (Å²) in [4.78, 5) is 0. The van der Waals surface area contributed by atoms with Crippen LogP contribution < -0.4 is 0 Å². The molecule has 0 saturated heterocycles. The minimum Gasteiger partial charge on any atom is -0.265 e. The van der Waals surface area contributed by atoms with Gasteiger partial charge in [0.25, 0.3) is 20.2 Å². The van der Waals surface area contributed by atoms with Crippen LogP contribution in [0.1, 0.15) is 25.7 Å². The summed E-state index contributed by atoms with van der Waals surface area (Å²) in [5.41, 5.74) is 0. The zero-order chi connectivity index (χ0) is 17.7. The molecule has 8 atom stereocenters. The lowest BCUT2D eigenvalue weighted by Crippen LogP contribution is -2.41. The molecule has 6 nitrogen and oxygen atoms in total. The van der Waals surface area contributed by atoms with Crippen LogP contribution in [0.25, 0.3) is 0 Å². The van der Waals surface area contributed by atoms with E-state index in [1.807, 2.05) is 0 Å². The van der Waals surface area contributed by atoms with Gasteiger partial charge in [0, 0.05) is 0 Å².